The van der Waals surface area contributed by atoms with Gasteiger partial charge in [-0.15, -0.1) is 0 Å². The van der Waals surface area contributed by atoms with Crippen LogP contribution in [-0.4, -0.2) is 21.4 Å². The summed E-state index contributed by atoms with van der Waals surface area (Å²) in [5.74, 6) is -0.126. The average molecular weight is 309 g/mol. The second-order valence-electron chi connectivity index (χ2n) is 6.35. The van der Waals surface area contributed by atoms with Gasteiger partial charge in [-0.25, -0.2) is 4.79 Å². The summed E-state index contributed by atoms with van der Waals surface area (Å²) in [6, 6.07) is 11.3. The van der Waals surface area contributed by atoms with Crippen molar-refractivity contribution in [3.05, 3.63) is 59.4 Å². The molecular weight excluding hydrogens is 290 g/mol. The predicted molar refractivity (Wildman–Crippen MR) is 85.6 cm³/mol. The number of carbonyl (C=O) groups excluding carboxylic acids is 2. The van der Waals surface area contributed by atoms with E-state index >= 15 is 0 Å². The minimum Gasteiger partial charge on any atom is -0.354 e. The van der Waals surface area contributed by atoms with Crippen molar-refractivity contribution >= 4 is 11.9 Å². The number of rotatable bonds is 2. The first kappa shape index (κ1) is 14.1. The number of aryl methyl sites for hydroxylation is 1. The van der Waals surface area contributed by atoms with Gasteiger partial charge in [0.15, 0.2) is 0 Å². The van der Waals surface area contributed by atoms with Crippen LogP contribution in [0.3, 0.4) is 0 Å². The molecule has 1 unspecified atom stereocenters. The van der Waals surface area contributed by atoms with E-state index in [9.17, 15) is 9.59 Å². The molecule has 5 nitrogen and oxygen atoms in total. The first-order valence-electron chi connectivity index (χ1n) is 7.94. The Bertz CT molecular complexity index is 781. The zero-order valence-corrected chi connectivity index (χ0v) is 13.1. The van der Waals surface area contributed by atoms with E-state index in [4.69, 9.17) is 0 Å². The number of urea groups is 1. The van der Waals surface area contributed by atoms with Gasteiger partial charge >= 0.3 is 6.03 Å². The van der Waals surface area contributed by atoms with E-state index in [-0.39, 0.29) is 11.9 Å². The van der Waals surface area contributed by atoms with E-state index in [0.29, 0.717) is 13.0 Å². The molecule has 118 valence electrons. The Morgan fingerprint density at radius 1 is 1.17 bits per heavy atom. The Kier molecular flexibility index (Phi) is 3.04. The molecule has 0 radical (unpaired) electrons. The third-order valence-corrected chi connectivity index (χ3v) is 4.99. The fourth-order valence-corrected chi connectivity index (χ4v) is 3.81. The van der Waals surface area contributed by atoms with Crippen LogP contribution in [0.4, 0.5) is 4.79 Å². The van der Waals surface area contributed by atoms with E-state index < -0.39 is 5.54 Å². The zero-order chi connectivity index (χ0) is 16.0. The van der Waals surface area contributed by atoms with Gasteiger partial charge in [0.25, 0.3) is 5.91 Å². The normalized spacial score (nSPS) is 23.3. The van der Waals surface area contributed by atoms with Gasteiger partial charge in [0.1, 0.15) is 5.54 Å². The first-order chi connectivity index (χ1) is 11.1. The second-order valence-corrected chi connectivity index (χ2v) is 6.35. The second kappa shape index (κ2) is 4.98. The maximum Gasteiger partial charge on any atom is 0.325 e. The van der Waals surface area contributed by atoms with Crippen LogP contribution in [0.25, 0.3) is 0 Å². The van der Waals surface area contributed by atoms with Crippen molar-refractivity contribution in [2.24, 2.45) is 7.05 Å². The van der Waals surface area contributed by atoms with Crippen LogP contribution in [0, 0.1) is 0 Å². The van der Waals surface area contributed by atoms with Crippen molar-refractivity contribution in [1.82, 2.24) is 14.8 Å². The van der Waals surface area contributed by atoms with Gasteiger partial charge in [-0.05, 0) is 30.9 Å². The lowest BCUT2D eigenvalue weighted by Gasteiger charge is -2.31. The molecule has 1 aliphatic heterocycles. The van der Waals surface area contributed by atoms with Gasteiger partial charge in [-0.2, -0.15) is 0 Å². The van der Waals surface area contributed by atoms with Gasteiger partial charge in [0.2, 0.25) is 0 Å². The molecule has 0 saturated carbocycles. The minimum absolute atomic E-state index is 0.126. The highest BCUT2D eigenvalue weighted by Crippen LogP contribution is 2.40. The highest BCUT2D eigenvalue weighted by molar-refractivity contribution is 6.07. The topological polar surface area (TPSA) is 54.3 Å². The SMILES string of the molecule is Cn1ccc2c1CCCC21NC(=O)N(Cc2ccccc2)C1=O. The number of hydrogen-bond acceptors (Lipinski definition) is 2. The largest absolute Gasteiger partial charge is 0.354 e. The van der Waals surface area contributed by atoms with Gasteiger partial charge in [-0.1, -0.05) is 30.3 Å². The molecular formula is C18H19N3O2. The molecule has 1 N–H and O–H groups in total. The van der Waals surface area contributed by atoms with Crippen molar-refractivity contribution in [3.63, 3.8) is 0 Å². The molecule has 5 heteroatoms. The number of nitrogens with one attached hydrogen (secondary N) is 1. The van der Waals surface area contributed by atoms with E-state index in [0.717, 1.165) is 29.7 Å². The molecule has 1 fully saturated rings. The summed E-state index contributed by atoms with van der Waals surface area (Å²) >= 11 is 0. The van der Waals surface area contributed by atoms with Crippen molar-refractivity contribution in [2.45, 2.75) is 31.3 Å². The van der Waals surface area contributed by atoms with Gasteiger partial charge in [0, 0.05) is 24.5 Å². The average Bonchev–Trinajstić information content (AvgIpc) is 3.04. The summed E-state index contributed by atoms with van der Waals surface area (Å²) < 4.78 is 2.05. The zero-order valence-electron chi connectivity index (χ0n) is 13.1. The Morgan fingerprint density at radius 3 is 2.74 bits per heavy atom. The third-order valence-electron chi connectivity index (χ3n) is 4.99. The molecule has 1 spiro atoms. The Hall–Kier alpha value is -2.56. The quantitative estimate of drug-likeness (QED) is 0.866. The molecule has 1 aliphatic carbocycles. The van der Waals surface area contributed by atoms with Crippen LogP contribution in [-0.2, 0) is 30.3 Å². The lowest BCUT2D eigenvalue weighted by molar-refractivity contribution is -0.132. The predicted octanol–water partition coefficient (Wildman–Crippen LogP) is 2.31. The van der Waals surface area contributed by atoms with E-state index in [1.807, 2.05) is 49.6 Å². The van der Waals surface area contributed by atoms with Gasteiger partial charge in [-0.3, -0.25) is 9.69 Å². The standard InChI is InChI=1S/C18H19N3O2/c1-20-11-9-14-15(20)8-5-10-18(14)16(22)21(17(23)19-18)12-13-6-3-2-4-7-13/h2-4,6-7,9,11H,5,8,10,12H2,1H3,(H,19,23). The van der Waals surface area contributed by atoms with Crippen molar-refractivity contribution < 1.29 is 9.59 Å². The number of amides is 3. The minimum atomic E-state index is -0.874. The fraction of sp³-hybridized carbons (Fsp3) is 0.333. The van der Waals surface area contributed by atoms with Crippen molar-refractivity contribution in [2.75, 3.05) is 0 Å². The molecule has 2 aliphatic rings. The highest BCUT2D eigenvalue weighted by Gasteiger charge is 2.54. The van der Waals surface area contributed by atoms with Crippen molar-refractivity contribution in [1.29, 1.82) is 0 Å². The van der Waals surface area contributed by atoms with Crippen LogP contribution in [0.1, 0.15) is 29.7 Å². The summed E-state index contributed by atoms with van der Waals surface area (Å²) in [5, 5.41) is 2.98. The summed E-state index contributed by atoms with van der Waals surface area (Å²) in [7, 11) is 1.99. The monoisotopic (exact) mass is 309 g/mol. The third kappa shape index (κ3) is 2.00. The number of carbonyl (C=O) groups is 2. The molecule has 2 aromatic rings. The van der Waals surface area contributed by atoms with E-state index in [2.05, 4.69) is 9.88 Å². The molecule has 1 aromatic heterocycles. The number of imide groups is 1. The molecule has 2 heterocycles. The van der Waals surface area contributed by atoms with Crippen LogP contribution in [0.2, 0.25) is 0 Å². The maximum absolute atomic E-state index is 13.1. The van der Waals surface area contributed by atoms with Crippen LogP contribution in [0.15, 0.2) is 42.6 Å². The number of nitrogens with zero attached hydrogens (tertiary/aromatic N) is 2. The Labute approximate surface area is 134 Å². The molecule has 3 amide bonds. The van der Waals surface area contributed by atoms with Crippen LogP contribution >= 0.6 is 0 Å². The van der Waals surface area contributed by atoms with Crippen molar-refractivity contribution in [3.8, 4) is 0 Å². The number of hydrogen-bond donors (Lipinski definition) is 1. The van der Waals surface area contributed by atoms with Crippen LogP contribution < -0.4 is 5.32 Å². The number of aromatic nitrogens is 1. The van der Waals surface area contributed by atoms with Gasteiger partial charge < -0.3 is 9.88 Å². The molecule has 23 heavy (non-hydrogen) atoms. The Morgan fingerprint density at radius 2 is 1.96 bits per heavy atom. The Balaban J connectivity index is 1.71. The van der Waals surface area contributed by atoms with Crippen LogP contribution in [0.5, 0.6) is 0 Å². The first-order valence-corrected chi connectivity index (χ1v) is 7.94. The summed E-state index contributed by atoms with van der Waals surface area (Å²) in [6.07, 6.45) is 4.48. The molecule has 1 atom stereocenters. The smallest absolute Gasteiger partial charge is 0.325 e. The van der Waals surface area contributed by atoms with E-state index in [1.165, 1.54) is 4.90 Å². The molecule has 1 aromatic carbocycles. The summed E-state index contributed by atoms with van der Waals surface area (Å²) in [6.45, 7) is 0.315. The molecule has 0 bridgehead atoms. The lowest BCUT2D eigenvalue weighted by atomic mass is 9.79. The number of benzene rings is 1. The van der Waals surface area contributed by atoms with E-state index in [1.54, 1.807) is 0 Å². The summed E-state index contributed by atoms with van der Waals surface area (Å²) in [5.41, 5.74) is 2.18. The fourth-order valence-electron chi connectivity index (χ4n) is 3.81. The molecule has 4 rings (SSSR count). The van der Waals surface area contributed by atoms with Gasteiger partial charge in [0.05, 0.1) is 6.54 Å². The summed E-state index contributed by atoms with van der Waals surface area (Å²) in [4.78, 5) is 26.9. The number of fused-ring (bicyclic) bond motifs is 2. The maximum atomic E-state index is 13.1. The lowest BCUT2D eigenvalue weighted by Crippen LogP contribution is -2.46. The highest BCUT2D eigenvalue weighted by atomic mass is 16.2. The molecule has 1 saturated heterocycles.